The van der Waals surface area contributed by atoms with Crippen LogP contribution in [0.25, 0.3) is 0 Å². The van der Waals surface area contributed by atoms with Gasteiger partial charge in [-0.25, -0.2) is 9.78 Å². The van der Waals surface area contributed by atoms with Crippen molar-refractivity contribution in [3.05, 3.63) is 30.4 Å². The van der Waals surface area contributed by atoms with Crippen molar-refractivity contribution in [3.8, 4) is 0 Å². The van der Waals surface area contributed by atoms with E-state index < -0.39 is 6.09 Å². The first kappa shape index (κ1) is 31.1. The summed E-state index contributed by atoms with van der Waals surface area (Å²) in [5, 5.41) is 10.2. The predicted octanol–water partition coefficient (Wildman–Crippen LogP) is 7.76. The van der Waals surface area contributed by atoms with Crippen LogP contribution in [0.4, 0.5) is 4.79 Å². The molecule has 6 nitrogen and oxygen atoms in total. The van der Waals surface area contributed by atoms with Crippen LogP contribution < -0.4 is 5.73 Å². The highest BCUT2D eigenvalue weighted by molar-refractivity contribution is 5.64. The molecule has 40 heavy (non-hydrogen) atoms. The highest BCUT2D eigenvalue weighted by atomic mass is 16.5. The Kier molecular flexibility index (Phi) is 10.5. The van der Waals surface area contributed by atoms with E-state index in [4.69, 9.17) is 5.73 Å². The number of amides is 1. The Morgan fingerprint density at radius 3 is 2.62 bits per heavy atom. The number of rotatable bonds is 9. The van der Waals surface area contributed by atoms with Gasteiger partial charge in [0.2, 0.25) is 0 Å². The van der Waals surface area contributed by atoms with Gasteiger partial charge >= 0.3 is 6.09 Å². The predicted molar refractivity (Wildman–Crippen MR) is 161 cm³/mol. The molecule has 6 heteroatoms. The summed E-state index contributed by atoms with van der Waals surface area (Å²) in [6.07, 6.45) is 22.5. The number of aryl methyl sites for hydroxylation is 1. The van der Waals surface area contributed by atoms with Crippen LogP contribution in [0.3, 0.4) is 0 Å². The van der Waals surface area contributed by atoms with Crippen molar-refractivity contribution in [1.29, 1.82) is 0 Å². The third-order valence-corrected chi connectivity index (χ3v) is 11.6. The number of hydrogen-bond donors (Lipinski definition) is 2. The van der Waals surface area contributed by atoms with Gasteiger partial charge in [0.1, 0.15) is 0 Å². The molecule has 0 aromatic carbocycles. The molecule has 8 atom stereocenters. The lowest BCUT2D eigenvalue weighted by Gasteiger charge is -2.58. The number of carbonyl (C=O) groups excluding carboxylic acids is 1. The SMILES string of the molecule is CC(C)CCC[C@@H](C)[C@H]1CC[C@H]2[C@@H]3CC=C4CC(O)CC[C@]4(C)[C@H]3CC[C@]12C.NC(=O)OCCCn1ccnc1. The maximum absolute atomic E-state index is 10.2. The first-order valence-corrected chi connectivity index (χ1v) is 16.3. The molecule has 0 saturated heterocycles. The van der Waals surface area contributed by atoms with Crippen molar-refractivity contribution in [1.82, 2.24) is 9.55 Å². The van der Waals surface area contributed by atoms with E-state index >= 15 is 0 Å². The minimum Gasteiger partial charge on any atom is -0.450 e. The molecule has 1 amide bonds. The second-order valence-electron chi connectivity index (χ2n) is 14.5. The summed E-state index contributed by atoms with van der Waals surface area (Å²) < 4.78 is 6.45. The molecular weight excluding hydrogens is 498 g/mol. The fourth-order valence-corrected chi connectivity index (χ4v) is 9.51. The van der Waals surface area contributed by atoms with Crippen LogP contribution in [0.2, 0.25) is 0 Å². The van der Waals surface area contributed by atoms with Gasteiger partial charge < -0.3 is 20.1 Å². The molecule has 1 unspecified atom stereocenters. The van der Waals surface area contributed by atoms with Gasteiger partial charge in [-0.3, -0.25) is 0 Å². The molecule has 4 aliphatic rings. The Hall–Kier alpha value is -1.82. The number of fused-ring (bicyclic) bond motifs is 5. The van der Waals surface area contributed by atoms with E-state index in [1.807, 2.05) is 10.8 Å². The third kappa shape index (κ3) is 6.97. The third-order valence-electron chi connectivity index (χ3n) is 11.6. The maximum atomic E-state index is 10.2. The number of nitrogens with zero attached hydrogens (tertiary/aromatic N) is 2. The minimum absolute atomic E-state index is 0.0766. The van der Waals surface area contributed by atoms with E-state index in [-0.39, 0.29) is 6.10 Å². The number of aliphatic hydroxyl groups excluding tert-OH is 1. The van der Waals surface area contributed by atoms with E-state index in [0.29, 0.717) is 17.4 Å². The van der Waals surface area contributed by atoms with E-state index in [1.54, 1.807) is 18.1 Å². The molecule has 0 radical (unpaired) electrons. The summed E-state index contributed by atoms with van der Waals surface area (Å²) in [5.41, 5.74) is 7.37. The van der Waals surface area contributed by atoms with Gasteiger partial charge in [0.25, 0.3) is 0 Å². The van der Waals surface area contributed by atoms with Crippen molar-refractivity contribution in [3.63, 3.8) is 0 Å². The van der Waals surface area contributed by atoms with Crippen LogP contribution in [0.1, 0.15) is 112 Å². The number of allylic oxidation sites excluding steroid dienone is 1. The lowest BCUT2D eigenvalue weighted by Crippen LogP contribution is -2.50. The first-order valence-electron chi connectivity index (χ1n) is 16.3. The Morgan fingerprint density at radius 2 is 1.93 bits per heavy atom. The molecule has 0 aliphatic heterocycles. The van der Waals surface area contributed by atoms with Gasteiger partial charge in [-0.05, 0) is 104 Å². The van der Waals surface area contributed by atoms with E-state index in [2.05, 4.69) is 50.4 Å². The molecule has 3 saturated carbocycles. The summed E-state index contributed by atoms with van der Waals surface area (Å²) in [6.45, 7) is 13.7. The number of hydrogen-bond acceptors (Lipinski definition) is 4. The topological polar surface area (TPSA) is 90.4 Å². The van der Waals surface area contributed by atoms with Crippen molar-refractivity contribution >= 4 is 6.09 Å². The zero-order valence-electron chi connectivity index (χ0n) is 26.0. The number of carbonyl (C=O) groups is 1. The molecule has 5 rings (SSSR count). The van der Waals surface area contributed by atoms with Crippen LogP contribution >= 0.6 is 0 Å². The molecule has 3 fully saturated rings. The number of nitrogens with two attached hydrogens (primary N) is 1. The summed E-state index contributed by atoms with van der Waals surface area (Å²) in [7, 11) is 0. The van der Waals surface area contributed by atoms with Gasteiger partial charge in [-0.1, -0.05) is 65.5 Å². The fourth-order valence-electron chi connectivity index (χ4n) is 9.51. The average molecular weight is 556 g/mol. The van der Waals surface area contributed by atoms with Gasteiger partial charge in [0, 0.05) is 18.9 Å². The Balaban J connectivity index is 0.000000259. The monoisotopic (exact) mass is 555 g/mol. The summed E-state index contributed by atoms with van der Waals surface area (Å²) in [6, 6.07) is 0. The van der Waals surface area contributed by atoms with Gasteiger partial charge in [-0.2, -0.15) is 0 Å². The number of aliphatic hydroxyl groups is 1. The van der Waals surface area contributed by atoms with E-state index in [9.17, 15) is 9.90 Å². The van der Waals surface area contributed by atoms with Crippen LogP contribution in [0, 0.1) is 46.3 Å². The zero-order chi connectivity index (χ0) is 28.9. The lowest BCUT2D eigenvalue weighted by atomic mass is 9.47. The maximum Gasteiger partial charge on any atom is 0.404 e. The quantitative estimate of drug-likeness (QED) is 0.241. The van der Waals surface area contributed by atoms with Crippen molar-refractivity contribution in [2.24, 2.45) is 52.1 Å². The minimum atomic E-state index is -0.722. The molecule has 1 aromatic heterocycles. The lowest BCUT2D eigenvalue weighted by molar-refractivity contribution is -0.0573. The number of imidazole rings is 1. The Labute approximate surface area is 243 Å². The van der Waals surface area contributed by atoms with Crippen molar-refractivity contribution in [2.45, 2.75) is 124 Å². The highest BCUT2D eigenvalue weighted by Crippen LogP contribution is 2.67. The van der Waals surface area contributed by atoms with Crippen molar-refractivity contribution in [2.75, 3.05) is 6.61 Å². The second-order valence-corrected chi connectivity index (χ2v) is 14.5. The summed E-state index contributed by atoms with van der Waals surface area (Å²) >= 11 is 0. The van der Waals surface area contributed by atoms with Crippen molar-refractivity contribution < 1.29 is 14.6 Å². The van der Waals surface area contributed by atoms with Crippen LogP contribution in [-0.2, 0) is 11.3 Å². The molecule has 0 spiro atoms. The second kappa shape index (κ2) is 13.4. The number of primary amides is 1. The molecule has 1 aromatic rings. The number of ether oxygens (including phenoxy) is 1. The zero-order valence-corrected chi connectivity index (χ0v) is 26.0. The summed E-state index contributed by atoms with van der Waals surface area (Å²) in [4.78, 5) is 14.0. The molecule has 3 N–H and O–H groups in total. The van der Waals surface area contributed by atoms with E-state index in [1.165, 1.54) is 57.8 Å². The van der Waals surface area contributed by atoms with Crippen LogP contribution in [0.5, 0.6) is 0 Å². The standard InChI is InChI=1S/C27H46O.C7H11N3O2/c1-18(2)7-6-8-19(3)23-11-12-24-22-10-9-20-17-21(28)13-15-26(20,4)25(22)14-16-27(23,24)5;8-7(11)12-5-1-3-10-4-2-9-6-10/h9,18-19,21-25,28H,6-8,10-17H2,1-5H3;2,4,6H,1,3,5H2,(H2,8,11)/t19-,21?,22+,23-,24+,25+,26+,27-;/m1./s1. The molecule has 0 bridgehead atoms. The number of aromatic nitrogens is 2. The van der Waals surface area contributed by atoms with Crippen LogP contribution in [-0.4, -0.2) is 33.5 Å². The summed E-state index contributed by atoms with van der Waals surface area (Å²) in [5.74, 6) is 5.46. The Bertz CT molecular complexity index is 975. The Morgan fingerprint density at radius 1 is 1.12 bits per heavy atom. The van der Waals surface area contributed by atoms with Gasteiger partial charge in [-0.15, -0.1) is 0 Å². The van der Waals surface area contributed by atoms with Crippen LogP contribution in [0.15, 0.2) is 30.4 Å². The normalized spacial score (nSPS) is 35.5. The molecule has 1 heterocycles. The van der Waals surface area contributed by atoms with Gasteiger partial charge in [0.15, 0.2) is 0 Å². The molecule has 4 aliphatic carbocycles. The fraction of sp³-hybridized carbons (Fsp3) is 0.824. The average Bonchev–Trinajstić information content (AvgIpc) is 3.54. The molecular formula is C34H57N3O3. The highest BCUT2D eigenvalue weighted by Gasteiger charge is 2.59. The van der Waals surface area contributed by atoms with E-state index in [0.717, 1.165) is 61.3 Å². The molecule has 226 valence electrons. The largest absolute Gasteiger partial charge is 0.450 e. The smallest absolute Gasteiger partial charge is 0.404 e. The van der Waals surface area contributed by atoms with Gasteiger partial charge in [0.05, 0.1) is 19.0 Å². The first-order chi connectivity index (χ1) is 19.0.